The molecule has 0 fully saturated rings. The fourth-order valence-electron chi connectivity index (χ4n) is 6.98. The Morgan fingerprint density at radius 3 is 0.905 bits per heavy atom. The number of hydrogen-bond donors (Lipinski definition) is 0. The zero-order chi connectivity index (χ0) is 31.8. The largest absolute Gasteiger partial charge is 0.237 e. The molecule has 2 rings (SSSR count). The van der Waals surface area contributed by atoms with E-state index in [1.165, 1.54) is 11.1 Å². The lowest BCUT2D eigenvalue weighted by Gasteiger charge is -2.38. The number of nitrogens with zero attached hydrogens (tertiary/aromatic N) is 2. The molecule has 0 unspecified atom stereocenters. The van der Waals surface area contributed by atoms with E-state index in [0.717, 1.165) is 11.4 Å². The Bertz CT molecular complexity index is 1200. The Labute approximate surface area is 261 Å². The average molecular weight is 597 g/mol. The summed E-state index contributed by atoms with van der Waals surface area (Å²) in [5.74, 6) is 7.33. The SMILES string of the molecule is Cc1ccc(N=C(C#C[Si](C(C)C)(C(C)C)C(C)C)C(C#C[Si](C(C)C)(C(C)C)C(C)C)=Nc2ccc(C)cc2)cc1. The Kier molecular flexibility index (Phi) is 12.8. The molecule has 2 aromatic rings. The molecule has 0 bridgehead atoms. The Hall–Kier alpha value is -2.67. The lowest BCUT2D eigenvalue weighted by molar-refractivity contribution is 0.838. The van der Waals surface area contributed by atoms with Crippen LogP contribution in [0.4, 0.5) is 11.4 Å². The lowest BCUT2D eigenvalue weighted by Crippen LogP contribution is -2.43. The maximum absolute atomic E-state index is 5.18. The van der Waals surface area contributed by atoms with Crippen molar-refractivity contribution in [1.29, 1.82) is 0 Å². The smallest absolute Gasteiger partial charge is 0.147 e. The Morgan fingerprint density at radius 1 is 0.452 bits per heavy atom. The van der Waals surface area contributed by atoms with Gasteiger partial charge in [-0.3, -0.25) is 0 Å². The molecule has 0 amide bonds. The minimum atomic E-state index is -2.01. The summed E-state index contributed by atoms with van der Waals surface area (Å²) < 4.78 is 0. The highest BCUT2D eigenvalue weighted by molar-refractivity contribution is 6.91. The van der Waals surface area contributed by atoms with Crippen molar-refractivity contribution in [2.75, 3.05) is 0 Å². The monoisotopic (exact) mass is 596 g/mol. The molecule has 226 valence electrons. The predicted molar refractivity (Wildman–Crippen MR) is 194 cm³/mol. The highest BCUT2D eigenvalue weighted by Crippen LogP contribution is 2.42. The van der Waals surface area contributed by atoms with E-state index < -0.39 is 16.1 Å². The van der Waals surface area contributed by atoms with E-state index in [4.69, 9.17) is 9.98 Å². The molecule has 0 N–H and O–H groups in total. The van der Waals surface area contributed by atoms with Crippen LogP contribution in [0, 0.1) is 36.8 Å². The van der Waals surface area contributed by atoms with E-state index in [2.05, 4.69) is 168 Å². The normalized spacial score (nSPS) is 13.2. The minimum absolute atomic E-state index is 0.525. The van der Waals surface area contributed by atoms with Crippen molar-refractivity contribution < 1.29 is 0 Å². The summed E-state index contributed by atoms with van der Waals surface area (Å²) in [6, 6.07) is 16.7. The fraction of sp³-hybridized carbons (Fsp3) is 0.526. The summed E-state index contributed by atoms with van der Waals surface area (Å²) in [7, 11) is -4.02. The summed E-state index contributed by atoms with van der Waals surface area (Å²) >= 11 is 0. The van der Waals surface area contributed by atoms with Crippen molar-refractivity contribution in [2.45, 2.75) is 130 Å². The van der Waals surface area contributed by atoms with E-state index in [0.29, 0.717) is 44.7 Å². The van der Waals surface area contributed by atoms with Crippen molar-refractivity contribution in [3.63, 3.8) is 0 Å². The summed E-state index contributed by atoms with van der Waals surface area (Å²) in [5.41, 5.74) is 16.6. The first-order valence-corrected chi connectivity index (χ1v) is 20.4. The average Bonchev–Trinajstić information content (AvgIpc) is 2.89. The Morgan fingerprint density at radius 2 is 0.690 bits per heavy atom. The van der Waals surface area contributed by atoms with E-state index in [9.17, 15) is 0 Å². The minimum Gasteiger partial charge on any atom is -0.237 e. The quantitative estimate of drug-likeness (QED) is 0.156. The first-order valence-electron chi connectivity index (χ1n) is 15.9. The number of hydrogen-bond acceptors (Lipinski definition) is 2. The highest BCUT2D eigenvalue weighted by atomic mass is 28.3. The highest BCUT2D eigenvalue weighted by Gasteiger charge is 2.43. The van der Waals surface area contributed by atoms with Gasteiger partial charge in [-0.1, -0.05) is 130 Å². The molecule has 42 heavy (non-hydrogen) atoms. The van der Waals surface area contributed by atoms with Gasteiger partial charge in [-0.05, 0) is 71.4 Å². The standard InChI is InChI=1S/C38H56N2Si2/c1-27(2)41(28(3)4,29(5)6)25-23-37(39-35-19-15-33(13)16-20-35)38(40-36-21-17-34(14)18-22-36)24-26-42(30(7)8,31(9)10)32(11)12/h15-22,27-32H,1-14H3. The van der Waals surface area contributed by atoms with Crippen molar-refractivity contribution in [1.82, 2.24) is 0 Å². The summed E-state index contributed by atoms with van der Waals surface area (Å²) in [6.07, 6.45) is 0. The molecule has 2 aromatic carbocycles. The fourth-order valence-corrected chi connectivity index (χ4v) is 17.4. The molecule has 0 aromatic heterocycles. The lowest BCUT2D eigenvalue weighted by atomic mass is 10.2. The number of aliphatic imine (C=N–C) groups is 2. The zero-order valence-electron chi connectivity index (χ0n) is 29.0. The van der Waals surface area contributed by atoms with Gasteiger partial charge in [0.15, 0.2) is 0 Å². The third kappa shape index (κ3) is 8.24. The van der Waals surface area contributed by atoms with Gasteiger partial charge in [-0.15, -0.1) is 11.1 Å². The molecule has 0 aliphatic heterocycles. The molecule has 0 saturated heterocycles. The van der Waals surface area contributed by atoms with E-state index in [-0.39, 0.29) is 0 Å². The topological polar surface area (TPSA) is 24.7 Å². The van der Waals surface area contributed by atoms with Crippen LogP contribution >= 0.6 is 0 Å². The predicted octanol–water partition coefficient (Wildman–Crippen LogP) is 11.6. The van der Waals surface area contributed by atoms with Gasteiger partial charge < -0.3 is 0 Å². The van der Waals surface area contributed by atoms with E-state index >= 15 is 0 Å². The van der Waals surface area contributed by atoms with Gasteiger partial charge in [-0.2, -0.15) is 0 Å². The van der Waals surface area contributed by atoms with E-state index in [1.807, 2.05) is 0 Å². The zero-order valence-corrected chi connectivity index (χ0v) is 31.0. The van der Waals surface area contributed by atoms with Gasteiger partial charge >= 0.3 is 0 Å². The molecule has 4 heteroatoms. The number of rotatable bonds is 9. The first kappa shape index (κ1) is 35.5. The second-order valence-electron chi connectivity index (χ2n) is 13.9. The third-order valence-corrected chi connectivity index (χ3v) is 21.9. The second kappa shape index (κ2) is 15.2. The number of benzene rings is 2. The van der Waals surface area contributed by atoms with Crippen LogP contribution in [0.25, 0.3) is 0 Å². The summed E-state index contributed by atoms with van der Waals surface area (Å²) in [4.78, 5) is 10.4. The molecule has 0 aliphatic carbocycles. The van der Waals surface area contributed by atoms with E-state index in [1.54, 1.807) is 0 Å². The van der Waals surface area contributed by atoms with Crippen LogP contribution in [0.15, 0.2) is 58.5 Å². The Balaban J connectivity index is 3.02. The molecule has 0 heterocycles. The summed E-state index contributed by atoms with van der Waals surface area (Å²) in [6.45, 7) is 32.5. The van der Waals surface area contributed by atoms with Crippen LogP contribution in [-0.2, 0) is 0 Å². The van der Waals surface area contributed by atoms with Crippen LogP contribution in [0.2, 0.25) is 33.2 Å². The molecule has 0 spiro atoms. The van der Waals surface area contributed by atoms with Gasteiger partial charge in [-0.25, -0.2) is 9.98 Å². The molecule has 0 atom stereocenters. The molecular weight excluding hydrogens is 541 g/mol. The van der Waals surface area contributed by atoms with Crippen LogP contribution in [-0.4, -0.2) is 27.6 Å². The van der Waals surface area contributed by atoms with Crippen molar-refractivity contribution in [2.24, 2.45) is 9.98 Å². The first-order chi connectivity index (χ1) is 19.6. The number of aryl methyl sites for hydroxylation is 2. The third-order valence-electron chi connectivity index (χ3n) is 9.30. The van der Waals surface area contributed by atoms with Crippen molar-refractivity contribution in [3.05, 3.63) is 59.7 Å². The van der Waals surface area contributed by atoms with Crippen LogP contribution < -0.4 is 0 Å². The molecule has 0 aliphatic rings. The van der Waals surface area contributed by atoms with Gasteiger partial charge in [0, 0.05) is 0 Å². The maximum atomic E-state index is 5.18. The summed E-state index contributed by atoms with van der Waals surface area (Å²) in [5, 5.41) is 0. The maximum Gasteiger partial charge on any atom is 0.147 e. The van der Waals surface area contributed by atoms with Crippen LogP contribution in [0.1, 0.15) is 94.2 Å². The van der Waals surface area contributed by atoms with Crippen LogP contribution in [0.5, 0.6) is 0 Å². The van der Waals surface area contributed by atoms with Gasteiger partial charge in [0.05, 0.1) is 11.4 Å². The molecular formula is C38H56N2Si2. The van der Waals surface area contributed by atoms with Crippen LogP contribution in [0.3, 0.4) is 0 Å². The van der Waals surface area contributed by atoms with Gasteiger partial charge in [0.25, 0.3) is 0 Å². The van der Waals surface area contributed by atoms with Gasteiger partial charge in [0.2, 0.25) is 0 Å². The van der Waals surface area contributed by atoms with Crippen molar-refractivity contribution >= 4 is 38.9 Å². The molecule has 0 radical (unpaired) electrons. The van der Waals surface area contributed by atoms with Gasteiger partial charge in [0.1, 0.15) is 27.6 Å². The molecule has 2 nitrogen and oxygen atoms in total. The second-order valence-corrected chi connectivity index (χ2v) is 25.0. The molecule has 0 saturated carbocycles. The van der Waals surface area contributed by atoms with Crippen molar-refractivity contribution in [3.8, 4) is 22.9 Å².